The van der Waals surface area contributed by atoms with Gasteiger partial charge in [-0.2, -0.15) is 0 Å². The van der Waals surface area contributed by atoms with Crippen molar-refractivity contribution in [2.75, 3.05) is 13.7 Å². The third-order valence-electron chi connectivity index (χ3n) is 5.76. The van der Waals surface area contributed by atoms with Crippen molar-refractivity contribution in [1.29, 1.82) is 0 Å². The van der Waals surface area contributed by atoms with Gasteiger partial charge in [0.25, 0.3) is 5.91 Å². The lowest BCUT2D eigenvalue weighted by Gasteiger charge is -2.29. The summed E-state index contributed by atoms with van der Waals surface area (Å²) in [5.74, 6) is -1.19. The minimum absolute atomic E-state index is 0.108. The molecule has 2 rings (SSSR count). The zero-order valence-electron chi connectivity index (χ0n) is 20.9. The quantitative estimate of drug-likeness (QED) is 0.261. The average Bonchev–Trinajstić information content (AvgIpc) is 2.89. The molecule has 36 heavy (non-hydrogen) atoms. The van der Waals surface area contributed by atoms with Crippen molar-refractivity contribution < 1.29 is 34.8 Å². The molecule has 1 aliphatic rings. The van der Waals surface area contributed by atoms with E-state index in [0.717, 1.165) is 14.5 Å². The van der Waals surface area contributed by atoms with E-state index in [0.29, 0.717) is 0 Å². The molecule has 1 aromatic rings. The first-order valence-electron chi connectivity index (χ1n) is 11.7. The van der Waals surface area contributed by atoms with Crippen molar-refractivity contribution in [2.24, 2.45) is 5.41 Å². The van der Waals surface area contributed by atoms with Crippen molar-refractivity contribution in [1.82, 2.24) is 10.2 Å². The van der Waals surface area contributed by atoms with E-state index in [1.54, 1.807) is 6.08 Å². The van der Waals surface area contributed by atoms with Crippen molar-refractivity contribution in [3.05, 3.63) is 44.9 Å². The molecule has 1 saturated heterocycles. The van der Waals surface area contributed by atoms with E-state index in [9.17, 15) is 30.0 Å². The summed E-state index contributed by atoms with van der Waals surface area (Å²) >= 11 is 6.85. The first-order valence-corrected chi connectivity index (χ1v) is 13.3. The van der Waals surface area contributed by atoms with Gasteiger partial charge in [0.15, 0.2) is 6.10 Å². The Hall–Kier alpha value is -1.34. The number of carbonyl (C=O) groups excluding carboxylic acids is 2. The zero-order valence-corrected chi connectivity index (χ0v) is 24.1. The maximum atomic E-state index is 13.3. The molecule has 0 radical (unpaired) electrons. The molecule has 1 heterocycles. The summed E-state index contributed by atoms with van der Waals surface area (Å²) in [6.07, 6.45) is -3.66. The molecule has 2 amide bonds. The summed E-state index contributed by atoms with van der Waals surface area (Å²) in [7, 11) is 1.19. The predicted molar refractivity (Wildman–Crippen MR) is 142 cm³/mol. The average molecular weight is 636 g/mol. The molecule has 6 atom stereocenters. The molecular formula is C25H36Br2N2O7. The number of hydrogen-bond donors (Lipinski definition) is 5. The Bertz CT molecular complexity index is 917. The number of amides is 2. The second-order valence-corrected chi connectivity index (χ2v) is 12.0. The number of nitrogens with zero attached hydrogens (tertiary/aromatic N) is 1. The van der Waals surface area contributed by atoms with Crippen LogP contribution in [0.5, 0.6) is 0 Å². The van der Waals surface area contributed by atoms with E-state index in [2.05, 4.69) is 37.2 Å². The number of likely N-dealkylation sites (tertiary alicyclic amines) is 1. The largest absolute Gasteiger partial charge is 0.391 e. The number of ether oxygens (including phenoxy) is 1. The number of allylic oxidation sites excluding steroid dienone is 1. The van der Waals surface area contributed by atoms with Gasteiger partial charge in [0, 0.05) is 29.1 Å². The van der Waals surface area contributed by atoms with Gasteiger partial charge in [0.1, 0.15) is 24.4 Å². The van der Waals surface area contributed by atoms with E-state index < -0.39 is 42.5 Å². The molecule has 0 saturated carbocycles. The molecule has 0 bridgehead atoms. The Morgan fingerprint density at radius 2 is 1.78 bits per heavy atom. The van der Waals surface area contributed by atoms with Crippen molar-refractivity contribution in [2.45, 2.75) is 76.7 Å². The van der Waals surface area contributed by atoms with Gasteiger partial charge in [-0.05, 0) is 42.0 Å². The lowest BCUT2D eigenvalue weighted by Crippen LogP contribution is -2.55. The second-order valence-electron chi connectivity index (χ2n) is 10.1. The number of aliphatic hydroxyl groups excluding tert-OH is 4. The highest BCUT2D eigenvalue weighted by atomic mass is 79.9. The maximum Gasteiger partial charge on any atom is 0.252 e. The van der Waals surface area contributed by atoms with Crippen molar-refractivity contribution >= 4 is 43.7 Å². The molecule has 0 aliphatic carbocycles. The summed E-state index contributed by atoms with van der Waals surface area (Å²) in [6, 6.07) is 4.63. The summed E-state index contributed by atoms with van der Waals surface area (Å²) in [5.41, 5.74) is 0.570. The molecular weight excluding hydrogens is 600 g/mol. The molecule has 1 aliphatic heterocycles. The normalized spacial score (nSPS) is 22.7. The summed E-state index contributed by atoms with van der Waals surface area (Å²) in [4.78, 5) is 27.7. The summed E-state index contributed by atoms with van der Waals surface area (Å²) in [5, 5.41) is 44.1. The van der Waals surface area contributed by atoms with Crippen LogP contribution in [0.25, 0.3) is 0 Å². The number of rotatable bonds is 9. The van der Waals surface area contributed by atoms with Crippen molar-refractivity contribution in [3.8, 4) is 0 Å². The molecule has 1 fully saturated rings. The minimum atomic E-state index is -1.75. The minimum Gasteiger partial charge on any atom is -0.391 e. The van der Waals surface area contributed by atoms with Gasteiger partial charge in [-0.25, -0.2) is 0 Å². The number of benzene rings is 1. The molecule has 1 aromatic carbocycles. The van der Waals surface area contributed by atoms with Crippen LogP contribution in [-0.2, 0) is 20.9 Å². The monoisotopic (exact) mass is 634 g/mol. The number of carbonyl (C=O) groups is 2. The number of halogens is 2. The Balaban J connectivity index is 2.13. The lowest BCUT2D eigenvalue weighted by atomic mass is 9.94. The summed E-state index contributed by atoms with van der Waals surface area (Å²) in [6.45, 7) is 6.05. The van der Waals surface area contributed by atoms with E-state index in [1.807, 2.05) is 39.0 Å². The van der Waals surface area contributed by atoms with Gasteiger partial charge in [-0.1, -0.05) is 64.8 Å². The number of nitrogens with one attached hydrogen (secondary N) is 1. The Morgan fingerprint density at radius 3 is 2.33 bits per heavy atom. The highest BCUT2D eigenvalue weighted by Gasteiger charge is 2.38. The van der Waals surface area contributed by atoms with Crippen LogP contribution in [0.4, 0.5) is 0 Å². The van der Waals surface area contributed by atoms with Crippen LogP contribution in [0.2, 0.25) is 0 Å². The highest BCUT2D eigenvalue weighted by molar-refractivity contribution is 9.11. The van der Waals surface area contributed by atoms with Crippen LogP contribution >= 0.6 is 31.9 Å². The zero-order chi connectivity index (χ0) is 27.2. The fourth-order valence-corrected chi connectivity index (χ4v) is 5.26. The molecule has 0 aromatic heterocycles. The Labute approximate surface area is 228 Å². The first-order chi connectivity index (χ1) is 16.7. The van der Waals surface area contributed by atoms with Crippen LogP contribution in [0.3, 0.4) is 0 Å². The molecule has 9 nitrogen and oxygen atoms in total. The number of methoxy groups -OCH3 is 1. The fraction of sp³-hybridized carbons (Fsp3) is 0.600. The maximum absolute atomic E-state index is 13.3. The van der Waals surface area contributed by atoms with Gasteiger partial charge in [-0.15, -0.1) is 0 Å². The highest BCUT2D eigenvalue weighted by Crippen LogP contribution is 2.23. The standard InChI is InChI=1S/C25H36Br2N2O7/c1-25(2,3)8-7-19(31)20(32)21(33)22(36-4)23(34)28-18-6-5-17(30)13-29(24(18)35)12-14-9-15(26)11-16(27)10-14/h7-11,17-22,30-33H,5-6,12-13H2,1-4H3,(H,28,34)/t17-,18+,19-,20+,21-,22-/m1/s1. The van der Waals surface area contributed by atoms with Crippen LogP contribution in [-0.4, -0.2) is 87.4 Å². The van der Waals surface area contributed by atoms with E-state index in [-0.39, 0.29) is 37.3 Å². The van der Waals surface area contributed by atoms with E-state index in [1.165, 1.54) is 18.1 Å². The van der Waals surface area contributed by atoms with Gasteiger partial charge in [-0.3, -0.25) is 9.59 Å². The van der Waals surface area contributed by atoms with Crippen LogP contribution in [0, 0.1) is 5.41 Å². The Morgan fingerprint density at radius 1 is 1.17 bits per heavy atom. The molecule has 0 spiro atoms. The fourth-order valence-electron chi connectivity index (χ4n) is 3.88. The SMILES string of the molecule is CO[C@@H](C(=O)N[C@H]1CC[C@@H](O)CN(Cc2cc(Br)cc(Br)c2)C1=O)[C@H](O)[C@@H](O)[C@H](O)C=CC(C)(C)C. The molecule has 0 unspecified atom stereocenters. The number of aliphatic hydroxyl groups is 4. The van der Waals surface area contributed by atoms with Crippen LogP contribution in [0.1, 0.15) is 39.2 Å². The molecule has 5 N–H and O–H groups in total. The topological polar surface area (TPSA) is 140 Å². The van der Waals surface area contributed by atoms with Gasteiger partial charge >= 0.3 is 0 Å². The smallest absolute Gasteiger partial charge is 0.252 e. The number of hydrogen-bond acceptors (Lipinski definition) is 7. The Kier molecular flexibility index (Phi) is 11.5. The number of β-amino-alcohol motifs (C(OH)–C–C–N with tert-alkyl or cyclic N) is 1. The second kappa shape index (κ2) is 13.5. The first kappa shape index (κ1) is 30.9. The van der Waals surface area contributed by atoms with Crippen molar-refractivity contribution in [3.63, 3.8) is 0 Å². The van der Waals surface area contributed by atoms with E-state index >= 15 is 0 Å². The van der Waals surface area contributed by atoms with E-state index in [4.69, 9.17) is 4.74 Å². The van der Waals surface area contributed by atoms with Gasteiger partial charge < -0.3 is 35.4 Å². The van der Waals surface area contributed by atoms with Gasteiger partial charge in [0.2, 0.25) is 5.91 Å². The summed E-state index contributed by atoms with van der Waals surface area (Å²) < 4.78 is 6.78. The van der Waals surface area contributed by atoms with Crippen LogP contribution in [0.15, 0.2) is 39.3 Å². The molecule has 11 heteroatoms. The molecule has 202 valence electrons. The predicted octanol–water partition coefficient (Wildman–Crippen LogP) is 1.88. The lowest BCUT2D eigenvalue weighted by molar-refractivity contribution is -0.151. The van der Waals surface area contributed by atoms with Gasteiger partial charge in [0.05, 0.1) is 6.10 Å². The third kappa shape index (κ3) is 9.20. The van der Waals surface area contributed by atoms with Crippen LogP contribution < -0.4 is 5.32 Å². The third-order valence-corrected chi connectivity index (χ3v) is 6.67.